The Balaban J connectivity index is 2.94. The Bertz CT molecular complexity index is 314. The summed E-state index contributed by atoms with van der Waals surface area (Å²) >= 11 is 2.27. The molecular weight excluding hydrogens is 301 g/mol. The first-order chi connectivity index (χ1) is 7.11. The van der Waals surface area contributed by atoms with Gasteiger partial charge in [0.05, 0.1) is 15.3 Å². The van der Waals surface area contributed by atoms with Gasteiger partial charge in [0.25, 0.3) is 0 Å². The average molecular weight is 321 g/mol. The molecule has 0 radical (unpaired) electrons. The van der Waals surface area contributed by atoms with E-state index in [1.165, 1.54) is 12.8 Å². The largest absolute Gasteiger partial charge is 0.383 e. The van der Waals surface area contributed by atoms with Gasteiger partial charge in [0.2, 0.25) is 0 Å². The first-order valence-corrected chi connectivity index (χ1v) is 6.69. The van der Waals surface area contributed by atoms with Crippen LogP contribution in [0, 0.1) is 10.5 Å². The third kappa shape index (κ3) is 2.86. The van der Waals surface area contributed by atoms with Crippen LogP contribution in [0.25, 0.3) is 0 Å². The van der Waals surface area contributed by atoms with E-state index in [1.807, 2.05) is 11.6 Å². The number of nitrogen functional groups attached to an aromatic ring is 1. The number of nitrogens with two attached hydrogens (primary N) is 1. The fourth-order valence-corrected chi connectivity index (χ4v) is 2.23. The minimum Gasteiger partial charge on any atom is -0.383 e. The van der Waals surface area contributed by atoms with Gasteiger partial charge in [-0.2, -0.15) is 5.10 Å². The Kier molecular flexibility index (Phi) is 4.89. The van der Waals surface area contributed by atoms with Crippen molar-refractivity contribution in [2.45, 2.75) is 52.5 Å². The Morgan fingerprint density at radius 2 is 1.87 bits per heavy atom. The normalized spacial score (nSPS) is 11.3. The molecule has 0 spiro atoms. The molecule has 0 atom stereocenters. The maximum absolute atomic E-state index is 6.06. The van der Waals surface area contributed by atoms with Gasteiger partial charge in [0, 0.05) is 0 Å². The van der Waals surface area contributed by atoms with Gasteiger partial charge in [-0.1, -0.05) is 26.7 Å². The fraction of sp³-hybridized carbons (Fsp3) is 0.727. The summed E-state index contributed by atoms with van der Waals surface area (Å²) in [4.78, 5) is 0. The van der Waals surface area contributed by atoms with Crippen molar-refractivity contribution in [3.8, 4) is 0 Å². The van der Waals surface area contributed by atoms with Crippen LogP contribution in [-0.4, -0.2) is 9.78 Å². The number of nitrogens with zero attached hydrogens (tertiary/aromatic N) is 2. The van der Waals surface area contributed by atoms with Gasteiger partial charge >= 0.3 is 0 Å². The number of halogens is 1. The second-order valence-corrected chi connectivity index (χ2v) is 5.04. The smallest absolute Gasteiger partial charge is 0.135 e. The summed E-state index contributed by atoms with van der Waals surface area (Å²) in [5.41, 5.74) is 7.10. The van der Waals surface area contributed by atoms with Crippen molar-refractivity contribution in [3.05, 3.63) is 9.26 Å². The predicted octanol–water partition coefficient (Wildman–Crippen LogP) is 3.52. The van der Waals surface area contributed by atoms with Crippen molar-refractivity contribution in [2.75, 3.05) is 5.73 Å². The predicted molar refractivity (Wildman–Crippen MR) is 72.9 cm³/mol. The molecule has 0 bridgehead atoms. The molecule has 4 heteroatoms. The van der Waals surface area contributed by atoms with E-state index in [0.29, 0.717) is 6.04 Å². The highest BCUT2D eigenvalue weighted by atomic mass is 127. The number of hydrogen-bond donors (Lipinski definition) is 1. The molecule has 1 aromatic heterocycles. The van der Waals surface area contributed by atoms with E-state index in [2.05, 4.69) is 41.5 Å². The highest BCUT2D eigenvalue weighted by Crippen LogP contribution is 2.27. The van der Waals surface area contributed by atoms with E-state index in [9.17, 15) is 0 Å². The summed E-state index contributed by atoms with van der Waals surface area (Å²) in [6.07, 6.45) is 4.68. The van der Waals surface area contributed by atoms with E-state index in [0.717, 1.165) is 27.9 Å². The van der Waals surface area contributed by atoms with Crippen molar-refractivity contribution in [1.82, 2.24) is 9.78 Å². The van der Waals surface area contributed by atoms with Crippen LogP contribution in [0.5, 0.6) is 0 Å². The van der Waals surface area contributed by atoms with Crippen LogP contribution >= 0.6 is 22.6 Å². The summed E-state index contributed by atoms with van der Waals surface area (Å²) in [6.45, 7) is 6.43. The lowest BCUT2D eigenvalue weighted by molar-refractivity contribution is 0.395. The van der Waals surface area contributed by atoms with Crippen LogP contribution in [0.3, 0.4) is 0 Å². The summed E-state index contributed by atoms with van der Waals surface area (Å²) in [6, 6.07) is 0.474. The van der Waals surface area contributed by atoms with Crippen molar-refractivity contribution >= 4 is 28.4 Å². The van der Waals surface area contributed by atoms with Crippen molar-refractivity contribution in [1.29, 1.82) is 0 Å². The lowest BCUT2D eigenvalue weighted by Crippen LogP contribution is -2.13. The number of aryl methyl sites for hydroxylation is 1. The monoisotopic (exact) mass is 321 g/mol. The molecule has 0 amide bonds. The zero-order valence-corrected chi connectivity index (χ0v) is 11.9. The number of hydrogen-bond acceptors (Lipinski definition) is 2. The summed E-state index contributed by atoms with van der Waals surface area (Å²) in [5, 5.41) is 4.53. The molecular formula is C11H20IN3. The molecule has 0 aromatic carbocycles. The van der Waals surface area contributed by atoms with Gasteiger partial charge in [0.15, 0.2) is 0 Å². The van der Waals surface area contributed by atoms with E-state index < -0.39 is 0 Å². The molecule has 86 valence electrons. The molecule has 0 unspecified atom stereocenters. The highest BCUT2D eigenvalue weighted by Gasteiger charge is 2.16. The number of anilines is 1. The van der Waals surface area contributed by atoms with Crippen LogP contribution in [0.2, 0.25) is 0 Å². The Hall–Kier alpha value is -0.260. The fourth-order valence-electron chi connectivity index (χ4n) is 1.88. The quantitative estimate of drug-likeness (QED) is 0.843. The van der Waals surface area contributed by atoms with E-state index in [-0.39, 0.29) is 0 Å². The van der Waals surface area contributed by atoms with E-state index >= 15 is 0 Å². The molecule has 3 nitrogen and oxygen atoms in total. The molecule has 1 rings (SSSR count). The van der Waals surface area contributed by atoms with E-state index in [4.69, 9.17) is 5.73 Å². The third-order valence-corrected chi connectivity index (χ3v) is 3.97. The molecule has 0 aliphatic rings. The lowest BCUT2D eigenvalue weighted by atomic mass is 10.1. The van der Waals surface area contributed by atoms with Crippen LogP contribution in [0.4, 0.5) is 5.82 Å². The standard InChI is InChI=1S/C11H20IN3/c1-4-6-9(7-5-2)15-11(13)10(12)8(3)14-15/h9H,4-7,13H2,1-3H3. The van der Waals surface area contributed by atoms with Gasteiger partial charge in [-0.05, 0) is 42.4 Å². The zero-order chi connectivity index (χ0) is 11.4. The maximum Gasteiger partial charge on any atom is 0.135 e. The number of rotatable bonds is 5. The molecule has 15 heavy (non-hydrogen) atoms. The molecule has 0 saturated carbocycles. The topological polar surface area (TPSA) is 43.8 Å². The van der Waals surface area contributed by atoms with Crippen LogP contribution in [0.15, 0.2) is 0 Å². The Morgan fingerprint density at radius 1 is 1.33 bits per heavy atom. The molecule has 0 aliphatic carbocycles. The lowest BCUT2D eigenvalue weighted by Gasteiger charge is -2.17. The van der Waals surface area contributed by atoms with Gasteiger partial charge in [-0.25, -0.2) is 4.68 Å². The summed E-state index contributed by atoms with van der Waals surface area (Å²) in [7, 11) is 0. The van der Waals surface area contributed by atoms with Crippen molar-refractivity contribution < 1.29 is 0 Å². The highest BCUT2D eigenvalue weighted by molar-refractivity contribution is 14.1. The SMILES string of the molecule is CCCC(CCC)n1nc(C)c(I)c1N. The van der Waals surface area contributed by atoms with Crippen LogP contribution < -0.4 is 5.73 Å². The number of aromatic nitrogens is 2. The molecule has 1 aromatic rings. The van der Waals surface area contributed by atoms with Gasteiger partial charge < -0.3 is 5.73 Å². The third-order valence-electron chi connectivity index (χ3n) is 2.64. The van der Waals surface area contributed by atoms with Gasteiger partial charge in [0.1, 0.15) is 5.82 Å². The maximum atomic E-state index is 6.06. The Morgan fingerprint density at radius 3 is 2.20 bits per heavy atom. The van der Waals surface area contributed by atoms with E-state index in [1.54, 1.807) is 0 Å². The summed E-state index contributed by atoms with van der Waals surface area (Å²) < 4.78 is 3.12. The minimum atomic E-state index is 0.474. The van der Waals surface area contributed by atoms with Crippen LogP contribution in [0.1, 0.15) is 51.3 Å². The molecule has 0 fully saturated rings. The van der Waals surface area contributed by atoms with Crippen molar-refractivity contribution in [3.63, 3.8) is 0 Å². The second kappa shape index (κ2) is 5.72. The molecule has 0 aliphatic heterocycles. The Labute approximate surface area is 106 Å². The minimum absolute atomic E-state index is 0.474. The van der Waals surface area contributed by atoms with Gasteiger partial charge in [-0.3, -0.25) is 0 Å². The first kappa shape index (κ1) is 12.8. The van der Waals surface area contributed by atoms with Crippen LogP contribution in [-0.2, 0) is 0 Å². The second-order valence-electron chi connectivity index (χ2n) is 3.96. The van der Waals surface area contributed by atoms with Crippen molar-refractivity contribution in [2.24, 2.45) is 0 Å². The molecule has 0 saturated heterocycles. The summed E-state index contributed by atoms with van der Waals surface area (Å²) in [5.74, 6) is 0.833. The molecule has 1 heterocycles. The average Bonchev–Trinajstić information content (AvgIpc) is 2.46. The zero-order valence-electron chi connectivity index (χ0n) is 9.76. The first-order valence-electron chi connectivity index (χ1n) is 5.61. The molecule has 2 N–H and O–H groups in total. The van der Waals surface area contributed by atoms with Gasteiger partial charge in [-0.15, -0.1) is 0 Å².